The van der Waals surface area contributed by atoms with Gasteiger partial charge in [0.2, 0.25) is 0 Å². The molecule has 3 nitrogen and oxygen atoms in total. The molecule has 1 aromatic heterocycles. The molecular weight excluding hydrogens is 655 g/mol. The highest BCUT2D eigenvalue weighted by Crippen LogP contribution is 2.43. The quantitative estimate of drug-likeness (QED) is 0.123. The van der Waals surface area contributed by atoms with Gasteiger partial charge in [-0.25, -0.2) is 0 Å². The van der Waals surface area contributed by atoms with Crippen LogP contribution in [0.3, 0.4) is 0 Å². The minimum Gasteiger partial charge on any atom is -0.310 e. The van der Waals surface area contributed by atoms with Gasteiger partial charge in [-0.15, -0.1) is 0 Å². The molecule has 1 heterocycles. The van der Waals surface area contributed by atoms with Crippen LogP contribution in [0.15, 0.2) is 188 Å². The lowest BCUT2D eigenvalue weighted by Gasteiger charge is -2.27. The number of hydrogen-bond donors (Lipinski definition) is 0. The maximum absolute atomic E-state index is 9.42. The average molecular weight is 688 g/mol. The Balaban J connectivity index is 0.957. The number of nitriles is 1. The number of para-hydroxylation sites is 1. The molecule has 0 saturated carbocycles. The van der Waals surface area contributed by atoms with E-state index >= 15 is 0 Å². The average Bonchev–Trinajstić information content (AvgIpc) is 3.59. The fourth-order valence-electron chi connectivity index (χ4n) is 8.01. The van der Waals surface area contributed by atoms with Crippen LogP contribution in [0.25, 0.3) is 72.3 Å². The van der Waals surface area contributed by atoms with E-state index in [-0.39, 0.29) is 0 Å². The monoisotopic (exact) mass is 687 g/mol. The van der Waals surface area contributed by atoms with Crippen molar-refractivity contribution >= 4 is 72.6 Å². The largest absolute Gasteiger partial charge is 0.310 e. The third kappa shape index (κ3) is 5.29. The minimum absolute atomic E-state index is 0.642. The molecule has 252 valence electrons. The zero-order valence-electron chi connectivity index (χ0n) is 29.4. The van der Waals surface area contributed by atoms with Crippen LogP contribution in [-0.2, 0) is 0 Å². The first-order valence-electron chi connectivity index (χ1n) is 18.2. The Hall–Kier alpha value is -7.41. The van der Waals surface area contributed by atoms with Crippen molar-refractivity contribution in [2.75, 3.05) is 4.90 Å². The van der Waals surface area contributed by atoms with Crippen LogP contribution >= 0.6 is 0 Å². The Morgan fingerprint density at radius 1 is 0.463 bits per heavy atom. The predicted molar refractivity (Wildman–Crippen MR) is 227 cm³/mol. The highest BCUT2D eigenvalue weighted by atomic mass is 15.1. The summed E-state index contributed by atoms with van der Waals surface area (Å²) in [5, 5.41) is 16.9. The summed E-state index contributed by atoms with van der Waals surface area (Å²) >= 11 is 0. The first-order valence-corrected chi connectivity index (χ1v) is 18.2. The van der Waals surface area contributed by atoms with Crippen LogP contribution in [-0.4, -0.2) is 4.57 Å². The third-order valence-corrected chi connectivity index (χ3v) is 10.6. The first-order chi connectivity index (χ1) is 26.7. The van der Waals surface area contributed by atoms with Crippen LogP contribution in [0.2, 0.25) is 0 Å². The molecule has 0 radical (unpaired) electrons. The van der Waals surface area contributed by atoms with Crippen LogP contribution < -0.4 is 4.90 Å². The Kier molecular flexibility index (Phi) is 7.53. The number of benzene rings is 9. The van der Waals surface area contributed by atoms with Gasteiger partial charge in [-0.3, -0.25) is 0 Å². The summed E-state index contributed by atoms with van der Waals surface area (Å²) in [4.78, 5) is 2.26. The summed E-state index contributed by atoms with van der Waals surface area (Å²) in [6, 6.07) is 68.8. The van der Waals surface area contributed by atoms with E-state index in [9.17, 15) is 5.26 Å². The fraction of sp³-hybridized carbons (Fsp3) is 0. The van der Waals surface area contributed by atoms with Crippen molar-refractivity contribution in [1.29, 1.82) is 5.26 Å². The summed E-state index contributed by atoms with van der Waals surface area (Å²) in [6.07, 6.45) is 4.34. The van der Waals surface area contributed by atoms with Gasteiger partial charge in [0.25, 0.3) is 0 Å². The Morgan fingerprint density at radius 3 is 1.85 bits per heavy atom. The predicted octanol–water partition coefficient (Wildman–Crippen LogP) is 13.7. The molecule has 0 aliphatic rings. The molecule has 10 rings (SSSR count). The minimum atomic E-state index is 0.642. The molecular formula is C51H33N3. The fourth-order valence-corrected chi connectivity index (χ4v) is 8.01. The van der Waals surface area contributed by atoms with Crippen molar-refractivity contribution < 1.29 is 0 Å². The van der Waals surface area contributed by atoms with E-state index in [1.165, 1.54) is 60.2 Å². The van der Waals surface area contributed by atoms with Gasteiger partial charge >= 0.3 is 0 Å². The number of hydrogen-bond acceptors (Lipinski definition) is 2. The summed E-state index contributed by atoms with van der Waals surface area (Å²) < 4.78 is 2.39. The van der Waals surface area contributed by atoms with Gasteiger partial charge in [0, 0.05) is 33.2 Å². The van der Waals surface area contributed by atoms with Gasteiger partial charge in [-0.2, -0.15) is 5.26 Å². The van der Waals surface area contributed by atoms with Gasteiger partial charge < -0.3 is 9.47 Å². The maximum atomic E-state index is 9.42. The maximum Gasteiger partial charge on any atom is 0.0991 e. The molecule has 0 saturated heterocycles. The van der Waals surface area contributed by atoms with E-state index in [0.717, 1.165) is 28.2 Å². The van der Waals surface area contributed by atoms with Crippen LogP contribution in [0.4, 0.5) is 17.1 Å². The topological polar surface area (TPSA) is 32.0 Å². The van der Waals surface area contributed by atoms with Gasteiger partial charge in [0.05, 0.1) is 28.4 Å². The van der Waals surface area contributed by atoms with E-state index < -0.39 is 0 Å². The Bertz CT molecular complexity index is 3010. The Labute approximate surface area is 313 Å². The summed E-state index contributed by atoms with van der Waals surface area (Å²) in [5.74, 6) is 0. The van der Waals surface area contributed by atoms with Gasteiger partial charge in [0.1, 0.15) is 0 Å². The zero-order valence-corrected chi connectivity index (χ0v) is 29.4. The number of aromatic nitrogens is 1. The van der Waals surface area contributed by atoms with E-state index in [1.54, 1.807) is 0 Å². The number of nitrogens with zero attached hydrogens (tertiary/aromatic N) is 3. The second-order valence-electron chi connectivity index (χ2n) is 13.7. The van der Waals surface area contributed by atoms with Crippen molar-refractivity contribution in [2.24, 2.45) is 0 Å². The van der Waals surface area contributed by atoms with Gasteiger partial charge in [0.15, 0.2) is 0 Å². The third-order valence-electron chi connectivity index (χ3n) is 10.6. The van der Waals surface area contributed by atoms with Crippen molar-refractivity contribution in [3.63, 3.8) is 0 Å². The highest BCUT2D eigenvalue weighted by molar-refractivity contribution is 6.26. The lowest BCUT2D eigenvalue weighted by Crippen LogP contribution is -2.10. The zero-order chi connectivity index (χ0) is 36.0. The molecule has 0 fully saturated rings. The van der Waals surface area contributed by atoms with Gasteiger partial charge in [-0.05, 0) is 105 Å². The Morgan fingerprint density at radius 2 is 1.09 bits per heavy atom. The summed E-state index contributed by atoms with van der Waals surface area (Å²) in [7, 11) is 0. The molecule has 0 unspecified atom stereocenters. The number of rotatable bonds is 7. The van der Waals surface area contributed by atoms with E-state index in [1.807, 2.05) is 24.3 Å². The molecule has 0 aliphatic heterocycles. The smallest absolute Gasteiger partial charge is 0.0991 e. The summed E-state index contributed by atoms with van der Waals surface area (Å²) in [6.45, 7) is 0. The second kappa shape index (κ2) is 13.0. The number of fused-ring (bicyclic) bond motifs is 1. The second-order valence-corrected chi connectivity index (χ2v) is 13.7. The van der Waals surface area contributed by atoms with Crippen LogP contribution in [0.5, 0.6) is 0 Å². The van der Waals surface area contributed by atoms with Crippen molar-refractivity contribution in [2.45, 2.75) is 0 Å². The van der Waals surface area contributed by atoms with E-state index in [0.29, 0.717) is 5.56 Å². The lowest BCUT2D eigenvalue weighted by molar-refractivity contribution is 1.18. The SMILES string of the molecule is N#Cc1ccc(N(c2ccc(C=Cc3ccc(-c4ccc5c6c4ccc4cccc(c46)n5-c4ccccc4)cc3)cc2)c2cccc3ccccc23)cc1. The van der Waals surface area contributed by atoms with Crippen molar-refractivity contribution in [3.8, 4) is 22.9 Å². The lowest BCUT2D eigenvalue weighted by atomic mass is 9.94. The molecule has 0 aliphatic carbocycles. The normalized spacial score (nSPS) is 11.6. The first kappa shape index (κ1) is 31.3. The van der Waals surface area contributed by atoms with Crippen molar-refractivity contribution in [1.82, 2.24) is 4.57 Å². The standard InChI is InChI=1S/C51H33N3/c52-34-37-22-29-43(30-23-37)53(47-14-6-9-38-8-4-5-13-45(38)47)42-27-20-36(21-28-42)17-16-35-18-24-39(25-19-35)44-32-33-49-51-46(44)31-26-40-10-7-15-48(50(40)51)54(49)41-11-2-1-3-12-41/h1-33H. The molecule has 3 heteroatoms. The molecule has 10 aromatic rings. The molecule has 0 spiro atoms. The molecule has 0 bridgehead atoms. The molecule has 9 aromatic carbocycles. The molecule has 0 N–H and O–H groups in total. The molecule has 0 amide bonds. The van der Waals surface area contributed by atoms with Crippen LogP contribution in [0.1, 0.15) is 16.7 Å². The van der Waals surface area contributed by atoms with Gasteiger partial charge in [-0.1, -0.05) is 133 Å². The molecule has 54 heavy (non-hydrogen) atoms. The van der Waals surface area contributed by atoms with E-state index in [2.05, 4.69) is 191 Å². The van der Waals surface area contributed by atoms with Crippen LogP contribution in [0, 0.1) is 11.3 Å². The highest BCUT2D eigenvalue weighted by Gasteiger charge is 2.19. The molecule has 0 atom stereocenters. The van der Waals surface area contributed by atoms with Crippen molar-refractivity contribution in [3.05, 3.63) is 205 Å². The number of anilines is 3. The van der Waals surface area contributed by atoms with E-state index in [4.69, 9.17) is 0 Å². The summed E-state index contributed by atoms with van der Waals surface area (Å²) in [5.41, 5.74) is 12.1.